The van der Waals surface area contributed by atoms with Crippen LogP contribution >= 0.6 is 0 Å². The van der Waals surface area contributed by atoms with Gasteiger partial charge in [0.05, 0.1) is 51.3 Å². The largest absolute Gasteiger partial charge is 0.497 e. The van der Waals surface area contributed by atoms with Crippen LogP contribution in [0.1, 0.15) is 94.3 Å². The molecule has 33 nitrogen and oxygen atoms in total. The maximum Gasteiger partial charge on any atom is 0.305 e. The molecule has 1 heterocycles. The molecule has 110 heavy (non-hydrogen) atoms. The lowest BCUT2D eigenvalue weighted by molar-refractivity contribution is -0.142. The molecule has 0 unspecified atom stereocenters. The van der Waals surface area contributed by atoms with Gasteiger partial charge in [-0.25, -0.2) is 9.37 Å². The number of benzene rings is 5. The fourth-order valence-corrected chi connectivity index (χ4v) is 11.6. The summed E-state index contributed by atoms with van der Waals surface area (Å²) < 4.78 is 20.9. The number of aryl methyl sites for hydroxylation is 2. The summed E-state index contributed by atoms with van der Waals surface area (Å²) in [4.78, 5) is 184. The van der Waals surface area contributed by atoms with Crippen LogP contribution < -0.4 is 69.4 Å². The molecule has 0 bridgehead atoms. The molecule has 590 valence electrons. The number of aromatic nitrogens is 2. The second-order valence-corrected chi connectivity index (χ2v) is 27.2. The number of ether oxygens (including phenoxy) is 1. The van der Waals surface area contributed by atoms with Gasteiger partial charge >= 0.3 is 11.9 Å². The zero-order chi connectivity index (χ0) is 81.3. The molecule has 11 amide bonds. The third kappa shape index (κ3) is 25.3. The highest BCUT2D eigenvalue weighted by Gasteiger charge is 2.43. The second kappa shape index (κ2) is 40.3. The Kier molecular flexibility index (Phi) is 31.8. The highest BCUT2D eigenvalue weighted by Crippen LogP contribution is 2.29. The van der Waals surface area contributed by atoms with Crippen LogP contribution in [0.3, 0.4) is 0 Å². The van der Waals surface area contributed by atoms with Gasteiger partial charge in [0, 0.05) is 44.0 Å². The number of carboxylic acid groups (broad SMARTS) is 2. The summed E-state index contributed by atoms with van der Waals surface area (Å²) in [7, 11) is 1.55. The summed E-state index contributed by atoms with van der Waals surface area (Å²) in [5, 5.41) is 75.3. The van der Waals surface area contributed by atoms with E-state index < -0.39 is 193 Å². The molecule has 11 atom stereocenters. The van der Waals surface area contributed by atoms with Crippen molar-refractivity contribution in [2.75, 3.05) is 20.3 Å². The van der Waals surface area contributed by atoms with E-state index in [1.54, 1.807) is 49.6 Å². The van der Waals surface area contributed by atoms with E-state index in [4.69, 9.17) is 16.2 Å². The predicted octanol–water partition coefficient (Wildman–Crippen LogP) is -0.782. The number of carbonyl (C=O) groups excluding carboxylic acids is 11. The number of aromatic amines is 1. The molecule has 34 heteroatoms. The molecule has 0 saturated carbocycles. The van der Waals surface area contributed by atoms with E-state index in [1.165, 1.54) is 44.6 Å². The third-order valence-corrected chi connectivity index (χ3v) is 17.9. The van der Waals surface area contributed by atoms with Crippen molar-refractivity contribution >= 4 is 76.9 Å². The molecule has 0 aliphatic heterocycles. The Morgan fingerprint density at radius 2 is 1.15 bits per heavy atom. The number of aliphatic hydroxyl groups is 3. The summed E-state index contributed by atoms with van der Waals surface area (Å²) in [6.07, 6.45) is -3.80. The Bertz CT molecular complexity index is 4270. The highest BCUT2D eigenvalue weighted by molar-refractivity contribution is 6.01. The van der Waals surface area contributed by atoms with Crippen molar-refractivity contribution in [3.05, 3.63) is 167 Å². The minimum atomic E-state index is -2.43. The normalized spacial score (nSPS) is 14.5. The Balaban J connectivity index is 1.17. The van der Waals surface area contributed by atoms with Crippen molar-refractivity contribution in [1.82, 2.24) is 63.1 Å². The van der Waals surface area contributed by atoms with E-state index in [9.17, 15) is 87.9 Å². The zero-order valence-electron chi connectivity index (χ0n) is 61.9. The number of methoxy groups -OCH3 is 1. The number of primary amides is 1. The first kappa shape index (κ1) is 86.9. The lowest BCUT2D eigenvalue weighted by Gasteiger charge is -2.34. The number of amides is 11. The first-order chi connectivity index (χ1) is 52.0. The van der Waals surface area contributed by atoms with Crippen LogP contribution in [0.2, 0.25) is 0 Å². The van der Waals surface area contributed by atoms with Crippen LogP contribution in [0.15, 0.2) is 128 Å². The smallest absolute Gasteiger partial charge is 0.305 e. The number of hydrogen-bond donors (Lipinski definition) is 18. The SMILES string of the molecule is CCc1cc(OC)ccc1-c1ccc(C[C@H](NC(=O)[C@H](CC(=O)O)NC(=O)[C@H](CO)NC(=O)[C@@H](NC(=O)[C@](C)(Cc2ccccc2F)NC(=O)[C@@H](NC(=O)CNC(=O)[C@H](CCC(=O)O)NC(=O)C(C)(C)NC(=O)[C@@H](N)Cc2cnc[nH]2)[C@@H](C)O)[C@@H](C)O)C(=O)N[C@@H](Cc2ccc(-c3ccccc3C)cc2)C(N)=O)cc1. The number of hydrogen-bond acceptors (Lipinski definition) is 19. The van der Waals surface area contributed by atoms with Gasteiger partial charge < -0.3 is 99.9 Å². The number of nitrogens with two attached hydrogens (primary N) is 2. The fraction of sp³-hybridized carbons (Fsp3) is 0.395. The number of nitrogens with zero attached hydrogens (tertiary/aromatic N) is 1. The van der Waals surface area contributed by atoms with Crippen molar-refractivity contribution in [2.24, 2.45) is 11.5 Å². The molecule has 6 aromatic rings. The summed E-state index contributed by atoms with van der Waals surface area (Å²) in [6.45, 7) is 7.27. The lowest BCUT2D eigenvalue weighted by Crippen LogP contribution is -2.67. The maximum absolute atomic E-state index is 15.5. The molecular weight excluding hydrogens is 1430 g/mol. The van der Waals surface area contributed by atoms with E-state index in [0.717, 1.165) is 60.2 Å². The molecule has 0 saturated heterocycles. The van der Waals surface area contributed by atoms with Gasteiger partial charge in [0.25, 0.3) is 0 Å². The van der Waals surface area contributed by atoms with Crippen molar-refractivity contribution in [1.29, 1.82) is 0 Å². The summed E-state index contributed by atoms with van der Waals surface area (Å²) >= 11 is 0. The van der Waals surface area contributed by atoms with Crippen LogP contribution in [-0.4, -0.2) is 204 Å². The Labute approximate surface area is 632 Å². The number of nitrogens with one attached hydrogen (secondary N) is 11. The standard InChI is InChI=1S/C76H95FN14O19/c1-9-45-32-50(110-8)26-27-52(45)47-24-20-44(21-25-47)31-57(68(103)83-56(65(79)100)30-43-18-22-46(23-19-43)51-16-12-10-14-40(51)2)84-69(104)58(34-62(98)99)85-70(105)59(38-92)86-71(106)63(41(3)93)89-74(109)76(7,35-48-15-11-13-17-53(48)77)91-72(107)64(42(4)94)88-60(95)37-81-67(102)55(28-29-61(96)97)87-73(108)75(5,6)90-66(101)54(78)33-49-36-80-39-82-49/h10-27,32,36,39,41-42,54-59,63-64,92-94H,9,28-31,33-35,37-38,78H2,1-8H3,(H2,79,100)(H,80,82)(H,81,102)(H,83,103)(H,84,104)(H,85,105)(H,86,106)(H,87,108)(H,88,95)(H,89,109)(H,90,101)(H,91,107)(H,96,97)(H,98,99)/t41-,42-,54+,55+,56+,57+,58+,59+,63+,64+,76+/m1/s1. The predicted molar refractivity (Wildman–Crippen MR) is 396 cm³/mol. The number of carbonyl (C=O) groups is 13. The molecule has 6 rings (SSSR count). The van der Waals surface area contributed by atoms with E-state index in [0.29, 0.717) is 29.0 Å². The van der Waals surface area contributed by atoms with E-state index in [1.807, 2.05) is 62.4 Å². The molecular formula is C76H95FN14O19. The fourth-order valence-electron chi connectivity index (χ4n) is 11.6. The van der Waals surface area contributed by atoms with Crippen LogP contribution in [0.25, 0.3) is 22.3 Å². The molecule has 0 aliphatic carbocycles. The molecule has 20 N–H and O–H groups in total. The van der Waals surface area contributed by atoms with Gasteiger partial charge in [0.2, 0.25) is 65.0 Å². The second-order valence-electron chi connectivity index (χ2n) is 27.2. The molecule has 1 aromatic heterocycles. The van der Waals surface area contributed by atoms with Crippen molar-refractivity contribution in [2.45, 2.75) is 171 Å². The van der Waals surface area contributed by atoms with E-state index >= 15 is 4.39 Å². The first-order valence-electron chi connectivity index (χ1n) is 35.1. The van der Waals surface area contributed by atoms with Crippen molar-refractivity contribution in [3.8, 4) is 28.0 Å². The van der Waals surface area contributed by atoms with Gasteiger partial charge in [0.1, 0.15) is 64.9 Å². The molecule has 5 aromatic carbocycles. The monoisotopic (exact) mass is 1530 g/mol. The third-order valence-electron chi connectivity index (χ3n) is 17.9. The quantitative estimate of drug-likeness (QED) is 0.0224. The highest BCUT2D eigenvalue weighted by atomic mass is 19.1. The average Bonchev–Trinajstić information content (AvgIpc) is 1.10. The van der Waals surface area contributed by atoms with E-state index in [-0.39, 0.29) is 24.8 Å². The number of aliphatic carboxylic acids is 2. The van der Waals surface area contributed by atoms with Crippen molar-refractivity contribution < 1.29 is 97.0 Å². The van der Waals surface area contributed by atoms with E-state index in [2.05, 4.69) is 63.1 Å². The number of rotatable bonds is 41. The molecule has 0 spiro atoms. The summed E-state index contributed by atoms with van der Waals surface area (Å²) in [6, 6.07) is 18.1. The van der Waals surface area contributed by atoms with Crippen LogP contribution in [-0.2, 0) is 94.4 Å². The number of H-pyrrole nitrogens is 1. The summed E-state index contributed by atoms with van der Waals surface area (Å²) in [5.41, 5.74) is 14.5. The van der Waals surface area contributed by atoms with Gasteiger partial charge in [-0.1, -0.05) is 104 Å². The average molecular weight is 1530 g/mol. The number of imidazole rings is 1. The van der Waals surface area contributed by atoms with Crippen LogP contribution in [0.5, 0.6) is 5.75 Å². The number of carboxylic acids is 2. The lowest BCUT2D eigenvalue weighted by atomic mass is 9.90. The van der Waals surface area contributed by atoms with Crippen LogP contribution in [0, 0.1) is 12.7 Å². The van der Waals surface area contributed by atoms with Gasteiger partial charge in [-0.3, -0.25) is 62.3 Å². The minimum absolute atomic E-state index is 0.00811. The zero-order valence-corrected chi connectivity index (χ0v) is 61.9. The molecule has 0 aliphatic rings. The number of aliphatic hydroxyl groups excluding tert-OH is 3. The van der Waals surface area contributed by atoms with Gasteiger partial charge in [-0.15, -0.1) is 0 Å². The van der Waals surface area contributed by atoms with Gasteiger partial charge in [-0.05, 0) is 123 Å². The van der Waals surface area contributed by atoms with Gasteiger partial charge in [-0.2, -0.15) is 0 Å². The maximum atomic E-state index is 15.5. The minimum Gasteiger partial charge on any atom is -0.497 e. The summed E-state index contributed by atoms with van der Waals surface area (Å²) in [5.74, 6) is -16.1. The molecule has 0 fully saturated rings. The Morgan fingerprint density at radius 3 is 1.72 bits per heavy atom. The van der Waals surface area contributed by atoms with Crippen LogP contribution in [0.4, 0.5) is 4.39 Å². The first-order valence-corrected chi connectivity index (χ1v) is 35.1. The Morgan fingerprint density at radius 1 is 0.591 bits per heavy atom. The van der Waals surface area contributed by atoms with Gasteiger partial charge in [0.15, 0.2) is 0 Å². The topological polar surface area (TPSA) is 533 Å². The van der Waals surface area contributed by atoms with Crippen molar-refractivity contribution in [3.63, 3.8) is 0 Å². The molecule has 0 radical (unpaired) electrons. The Hall–Kier alpha value is -12.0. The number of halogens is 1.